The molecule has 1 fully saturated rings. The van der Waals surface area contributed by atoms with Gasteiger partial charge in [-0.3, -0.25) is 9.69 Å². The first-order valence-corrected chi connectivity index (χ1v) is 9.73. The number of phenolic OH excluding ortho intramolecular Hbond substituents is 1. The van der Waals surface area contributed by atoms with Crippen LogP contribution in [0.1, 0.15) is 6.42 Å². The summed E-state index contributed by atoms with van der Waals surface area (Å²) in [4.78, 5) is 16.9. The van der Waals surface area contributed by atoms with Crippen LogP contribution in [0.3, 0.4) is 0 Å². The van der Waals surface area contributed by atoms with Crippen molar-refractivity contribution in [2.75, 3.05) is 42.9 Å². The van der Waals surface area contributed by atoms with E-state index in [9.17, 15) is 9.90 Å². The van der Waals surface area contributed by atoms with Gasteiger partial charge < -0.3 is 15.3 Å². The number of benzene rings is 3. The summed E-state index contributed by atoms with van der Waals surface area (Å²) in [5.41, 5.74) is 1.75. The molecule has 1 amide bonds. The highest BCUT2D eigenvalue weighted by Crippen LogP contribution is 2.27. The molecule has 28 heavy (non-hydrogen) atoms. The van der Waals surface area contributed by atoms with E-state index in [4.69, 9.17) is 0 Å². The van der Waals surface area contributed by atoms with E-state index in [2.05, 4.69) is 27.2 Å². The first kappa shape index (κ1) is 18.3. The number of aromatic hydroxyl groups is 1. The summed E-state index contributed by atoms with van der Waals surface area (Å²) < 4.78 is 0. The van der Waals surface area contributed by atoms with E-state index in [1.54, 1.807) is 6.07 Å². The number of rotatable bonds is 5. The van der Waals surface area contributed by atoms with Crippen molar-refractivity contribution < 1.29 is 9.90 Å². The third-order valence-corrected chi connectivity index (χ3v) is 5.31. The number of para-hydroxylation sites is 2. The molecule has 3 aromatic rings. The largest absolute Gasteiger partial charge is 0.506 e. The lowest BCUT2D eigenvalue weighted by Gasteiger charge is -2.36. The van der Waals surface area contributed by atoms with Crippen LogP contribution in [0.5, 0.6) is 5.75 Å². The van der Waals surface area contributed by atoms with Gasteiger partial charge >= 0.3 is 0 Å². The molecule has 1 aliphatic rings. The van der Waals surface area contributed by atoms with Gasteiger partial charge in [-0.05, 0) is 23.6 Å². The summed E-state index contributed by atoms with van der Waals surface area (Å²) in [6.45, 7) is 4.21. The number of phenols is 1. The lowest BCUT2D eigenvalue weighted by Crippen LogP contribution is -2.47. The van der Waals surface area contributed by atoms with Crippen LogP contribution in [0.4, 0.5) is 11.4 Å². The van der Waals surface area contributed by atoms with E-state index < -0.39 is 0 Å². The molecule has 1 aliphatic heterocycles. The average Bonchev–Trinajstić information content (AvgIpc) is 2.73. The van der Waals surface area contributed by atoms with Crippen LogP contribution in [0, 0.1) is 0 Å². The molecule has 0 spiro atoms. The Labute approximate surface area is 165 Å². The minimum absolute atomic E-state index is 0.0412. The second kappa shape index (κ2) is 8.31. The predicted molar refractivity (Wildman–Crippen MR) is 114 cm³/mol. The van der Waals surface area contributed by atoms with E-state index in [0.717, 1.165) is 54.9 Å². The number of amides is 1. The summed E-state index contributed by atoms with van der Waals surface area (Å²) >= 11 is 0. The van der Waals surface area contributed by atoms with Crippen LogP contribution in [0.25, 0.3) is 10.8 Å². The molecular weight excluding hydrogens is 350 g/mol. The van der Waals surface area contributed by atoms with Gasteiger partial charge in [-0.25, -0.2) is 0 Å². The standard InChI is InChI=1S/C23H25N3O2/c27-22-11-4-3-10-21(22)26-16-14-25(15-17-26)13-12-23(28)24-20-9-5-7-18-6-1-2-8-19(18)20/h1-11,27H,12-17H2,(H,24,28). The van der Waals surface area contributed by atoms with Gasteiger partial charge in [0.1, 0.15) is 5.75 Å². The van der Waals surface area contributed by atoms with Crippen molar-refractivity contribution in [1.82, 2.24) is 4.90 Å². The molecule has 2 N–H and O–H groups in total. The Morgan fingerprint density at radius 3 is 2.43 bits per heavy atom. The smallest absolute Gasteiger partial charge is 0.225 e. The fraction of sp³-hybridized carbons (Fsp3) is 0.261. The monoisotopic (exact) mass is 375 g/mol. The van der Waals surface area contributed by atoms with Gasteiger partial charge in [0.2, 0.25) is 5.91 Å². The molecule has 0 atom stereocenters. The third-order valence-electron chi connectivity index (χ3n) is 5.31. The zero-order valence-electron chi connectivity index (χ0n) is 15.8. The molecule has 144 valence electrons. The first-order chi connectivity index (χ1) is 13.7. The van der Waals surface area contributed by atoms with Gasteiger partial charge in [-0.1, -0.05) is 48.5 Å². The van der Waals surface area contributed by atoms with Crippen LogP contribution in [-0.2, 0) is 4.79 Å². The number of hydrogen-bond acceptors (Lipinski definition) is 4. The van der Waals surface area contributed by atoms with Crippen molar-refractivity contribution in [3.05, 3.63) is 66.7 Å². The summed E-state index contributed by atoms with van der Waals surface area (Å²) in [6.07, 6.45) is 0.472. The van der Waals surface area contributed by atoms with Gasteiger partial charge in [0.15, 0.2) is 0 Å². The second-order valence-electron chi connectivity index (χ2n) is 7.14. The van der Waals surface area contributed by atoms with Gasteiger partial charge in [-0.2, -0.15) is 0 Å². The molecule has 0 aliphatic carbocycles. The van der Waals surface area contributed by atoms with Crippen LogP contribution in [0.2, 0.25) is 0 Å². The predicted octanol–water partition coefficient (Wildman–Crippen LogP) is 3.70. The number of fused-ring (bicyclic) bond motifs is 1. The molecule has 4 rings (SSSR count). The first-order valence-electron chi connectivity index (χ1n) is 9.73. The number of carbonyl (C=O) groups is 1. The van der Waals surface area contributed by atoms with E-state index in [1.807, 2.05) is 48.5 Å². The van der Waals surface area contributed by atoms with Crippen molar-refractivity contribution in [3.63, 3.8) is 0 Å². The van der Waals surface area contributed by atoms with Crippen molar-refractivity contribution in [1.29, 1.82) is 0 Å². The molecule has 5 heteroatoms. The Morgan fingerprint density at radius 2 is 1.61 bits per heavy atom. The summed E-state index contributed by atoms with van der Waals surface area (Å²) in [5.74, 6) is 0.366. The van der Waals surface area contributed by atoms with E-state index in [1.165, 1.54) is 0 Å². The molecule has 3 aromatic carbocycles. The number of nitrogens with one attached hydrogen (secondary N) is 1. The minimum Gasteiger partial charge on any atom is -0.506 e. The fourth-order valence-electron chi connectivity index (χ4n) is 3.75. The van der Waals surface area contributed by atoms with Crippen molar-refractivity contribution >= 4 is 28.1 Å². The fourth-order valence-corrected chi connectivity index (χ4v) is 3.75. The molecule has 0 aromatic heterocycles. The topological polar surface area (TPSA) is 55.8 Å². The Balaban J connectivity index is 1.28. The van der Waals surface area contributed by atoms with Crippen molar-refractivity contribution in [2.45, 2.75) is 6.42 Å². The lowest BCUT2D eigenvalue weighted by atomic mass is 10.1. The second-order valence-corrected chi connectivity index (χ2v) is 7.14. The van der Waals surface area contributed by atoms with Crippen molar-refractivity contribution in [3.8, 4) is 5.75 Å². The quantitative estimate of drug-likeness (QED) is 0.714. The lowest BCUT2D eigenvalue weighted by molar-refractivity contribution is -0.116. The van der Waals surface area contributed by atoms with Crippen LogP contribution in [-0.4, -0.2) is 48.6 Å². The maximum atomic E-state index is 12.4. The van der Waals surface area contributed by atoms with Gasteiger partial charge in [0, 0.05) is 50.2 Å². The number of hydrogen-bond donors (Lipinski definition) is 2. The van der Waals surface area contributed by atoms with Gasteiger partial charge in [0.25, 0.3) is 0 Å². The van der Waals surface area contributed by atoms with E-state index in [0.29, 0.717) is 12.2 Å². The number of anilines is 2. The maximum absolute atomic E-state index is 12.4. The zero-order chi connectivity index (χ0) is 19.3. The molecule has 0 saturated carbocycles. The third kappa shape index (κ3) is 4.10. The Bertz CT molecular complexity index is 959. The Morgan fingerprint density at radius 1 is 0.893 bits per heavy atom. The maximum Gasteiger partial charge on any atom is 0.225 e. The highest BCUT2D eigenvalue weighted by Gasteiger charge is 2.19. The molecule has 0 bridgehead atoms. The highest BCUT2D eigenvalue weighted by atomic mass is 16.3. The number of carbonyl (C=O) groups excluding carboxylic acids is 1. The zero-order valence-corrected chi connectivity index (χ0v) is 15.8. The Kier molecular flexibility index (Phi) is 5.44. The van der Waals surface area contributed by atoms with Crippen molar-refractivity contribution in [2.24, 2.45) is 0 Å². The molecule has 1 saturated heterocycles. The van der Waals surface area contributed by atoms with Crippen LogP contribution in [0.15, 0.2) is 66.7 Å². The normalized spacial score (nSPS) is 14.9. The Hall–Kier alpha value is -3.05. The molecule has 1 heterocycles. The molecular formula is C23H25N3O2. The molecule has 5 nitrogen and oxygen atoms in total. The summed E-state index contributed by atoms with van der Waals surface area (Å²) in [6, 6.07) is 21.5. The van der Waals surface area contributed by atoms with Gasteiger partial charge in [0.05, 0.1) is 5.69 Å². The number of nitrogens with zero attached hydrogens (tertiary/aromatic N) is 2. The SMILES string of the molecule is O=C(CCN1CCN(c2ccccc2O)CC1)Nc1cccc2ccccc12. The van der Waals surface area contributed by atoms with Crippen LogP contribution < -0.4 is 10.2 Å². The highest BCUT2D eigenvalue weighted by molar-refractivity contribution is 6.02. The van der Waals surface area contributed by atoms with Gasteiger partial charge in [-0.15, -0.1) is 0 Å². The summed E-state index contributed by atoms with van der Waals surface area (Å²) in [5, 5.41) is 15.3. The molecule has 0 radical (unpaired) electrons. The molecule has 0 unspecified atom stereocenters. The van der Waals surface area contributed by atoms with E-state index in [-0.39, 0.29) is 5.91 Å². The average molecular weight is 375 g/mol. The number of piperazine rings is 1. The van der Waals surface area contributed by atoms with Crippen LogP contribution >= 0.6 is 0 Å². The minimum atomic E-state index is 0.0412. The van der Waals surface area contributed by atoms with E-state index >= 15 is 0 Å². The summed E-state index contributed by atoms with van der Waals surface area (Å²) in [7, 11) is 0.